The molecule has 0 unspecified atom stereocenters. The molecule has 0 amide bonds. The third-order valence-corrected chi connectivity index (χ3v) is 1.80. The minimum Gasteiger partial charge on any atom is -0.466 e. The Morgan fingerprint density at radius 2 is 2.29 bits per heavy atom. The molecule has 74 valence electrons. The summed E-state index contributed by atoms with van der Waals surface area (Å²) in [7, 11) is 1.25. The molecule has 0 bridgehead atoms. The van der Waals surface area contributed by atoms with Gasteiger partial charge in [0.15, 0.2) is 0 Å². The molecule has 0 spiro atoms. The van der Waals surface area contributed by atoms with E-state index < -0.39 is 11.8 Å². The lowest BCUT2D eigenvalue weighted by Gasteiger charge is -1.96. The third-order valence-electron chi connectivity index (χ3n) is 1.56. The van der Waals surface area contributed by atoms with Gasteiger partial charge in [-0.3, -0.25) is 0 Å². The smallest absolute Gasteiger partial charge is 0.330 e. The van der Waals surface area contributed by atoms with E-state index in [0.717, 1.165) is 6.08 Å². The summed E-state index contributed by atoms with van der Waals surface area (Å²) < 4.78 is 17.5. The lowest BCUT2D eigenvalue weighted by Crippen LogP contribution is -1.93. The molecule has 0 atom stereocenters. The molecule has 0 saturated carbocycles. The molecule has 1 aromatic rings. The van der Waals surface area contributed by atoms with Gasteiger partial charge in [-0.1, -0.05) is 17.7 Å². The molecule has 0 aliphatic heterocycles. The average Bonchev–Trinajstić information content (AvgIpc) is 2.16. The second-order valence-corrected chi connectivity index (χ2v) is 2.96. The molecule has 0 fully saturated rings. The minimum absolute atomic E-state index is 0.291. The summed E-state index contributed by atoms with van der Waals surface area (Å²) in [6.45, 7) is 0. The lowest BCUT2D eigenvalue weighted by atomic mass is 10.2. The largest absolute Gasteiger partial charge is 0.466 e. The highest BCUT2D eigenvalue weighted by Crippen LogP contribution is 2.15. The Kier molecular flexibility index (Phi) is 3.65. The van der Waals surface area contributed by atoms with Gasteiger partial charge in [-0.25, -0.2) is 9.18 Å². The fourth-order valence-electron chi connectivity index (χ4n) is 0.863. The van der Waals surface area contributed by atoms with Crippen molar-refractivity contribution in [2.75, 3.05) is 7.11 Å². The molecule has 0 radical (unpaired) electrons. The van der Waals surface area contributed by atoms with Crippen molar-refractivity contribution < 1.29 is 13.9 Å². The molecule has 0 aliphatic rings. The Bertz CT molecular complexity index is 374. The number of benzene rings is 1. The number of carbonyl (C=O) groups excluding carboxylic acids is 1. The number of carbonyl (C=O) groups is 1. The zero-order valence-corrected chi connectivity index (χ0v) is 8.22. The predicted molar refractivity (Wildman–Crippen MR) is 52.5 cm³/mol. The van der Waals surface area contributed by atoms with Crippen LogP contribution in [0.15, 0.2) is 24.3 Å². The zero-order chi connectivity index (χ0) is 10.6. The highest BCUT2D eigenvalue weighted by Gasteiger charge is 1.99. The van der Waals surface area contributed by atoms with Crippen LogP contribution in [0.25, 0.3) is 6.08 Å². The van der Waals surface area contributed by atoms with Gasteiger partial charge in [0, 0.05) is 16.7 Å². The zero-order valence-electron chi connectivity index (χ0n) is 7.46. The van der Waals surface area contributed by atoms with E-state index in [-0.39, 0.29) is 0 Å². The van der Waals surface area contributed by atoms with Crippen molar-refractivity contribution in [3.63, 3.8) is 0 Å². The molecule has 4 heteroatoms. The maximum atomic E-state index is 13.1. The van der Waals surface area contributed by atoms with Crippen molar-refractivity contribution in [1.29, 1.82) is 0 Å². The summed E-state index contributed by atoms with van der Waals surface area (Å²) in [4.78, 5) is 10.7. The molecule has 14 heavy (non-hydrogen) atoms. The number of hydrogen-bond donors (Lipinski definition) is 0. The van der Waals surface area contributed by atoms with Crippen molar-refractivity contribution in [3.8, 4) is 0 Å². The molecule has 0 aliphatic carbocycles. The van der Waals surface area contributed by atoms with E-state index in [1.807, 2.05) is 0 Å². The predicted octanol–water partition coefficient (Wildman–Crippen LogP) is 2.67. The van der Waals surface area contributed by atoms with Crippen LogP contribution in [0.1, 0.15) is 5.56 Å². The van der Waals surface area contributed by atoms with E-state index in [2.05, 4.69) is 4.74 Å². The van der Waals surface area contributed by atoms with Crippen LogP contribution in [0.2, 0.25) is 5.02 Å². The molecular formula is C10H8ClFO2. The van der Waals surface area contributed by atoms with Gasteiger partial charge in [0.25, 0.3) is 0 Å². The van der Waals surface area contributed by atoms with Crippen LogP contribution in [0.3, 0.4) is 0 Å². The lowest BCUT2D eigenvalue weighted by molar-refractivity contribution is -0.134. The maximum absolute atomic E-state index is 13.1. The van der Waals surface area contributed by atoms with Gasteiger partial charge in [0.2, 0.25) is 0 Å². The van der Waals surface area contributed by atoms with Gasteiger partial charge >= 0.3 is 5.97 Å². The number of rotatable bonds is 2. The second-order valence-electron chi connectivity index (χ2n) is 2.52. The summed E-state index contributed by atoms with van der Waals surface area (Å²) in [5.74, 6) is -1.00. The van der Waals surface area contributed by atoms with Crippen LogP contribution >= 0.6 is 11.6 Å². The van der Waals surface area contributed by atoms with Gasteiger partial charge in [-0.2, -0.15) is 0 Å². The summed E-state index contributed by atoms with van der Waals surface area (Å²) in [6.07, 6.45) is 2.48. The molecule has 2 nitrogen and oxygen atoms in total. The van der Waals surface area contributed by atoms with Crippen LogP contribution in [0.5, 0.6) is 0 Å². The fourth-order valence-corrected chi connectivity index (χ4v) is 1.02. The second kappa shape index (κ2) is 4.77. The number of methoxy groups -OCH3 is 1. The molecule has 1 aromatic carbocycles. The third kappa shape index (κ3) is 2.85. The first kappa shape index (κ1) is 10.7. The monoisotopic (exact) mass is 214 g/mol. The Hall–Kier alpha value is -1.35. The van der Waals surface area contributed by atoms with Crippen LogP contribution in [0, 0.1) is 5.82 Å². The summed E-state index contributed by atoms with van der Waals surface area (Å²) in [5, 5.41) is 0.317. The Labute approximate surface area is 85.9 Å². The van der Waals surface area contributed by atoms with Gasteiger partial charge < -0.3 is 4.74 Å². The first-order chi connectivity index (χ1) is 6.63. The van der Waals surface area contributed by atoms with E-state index in [9.17, 15) is 9.18 Å². The van der Waals surface area contributed by atoms with Crippen molar-refractivity contribution >= 4 is 23.6 Å². The molecule has 0 heterocycles. The number of ether oxygens (including phenoxy) is 1. The number of hydrogen-bond acceptors (Lipinski definition) is 2. The normalized spacial score (nSPS) is 10.5. The van der Waals surface area contributed by atoms with E-state index in [1.54, 1.807) is 6.07 Å². The number of esters is 1. The van der Waals surface area contributed by atoms with Crippen molar-refractivity contribution in [2.24, 2.45) is 0 Å². The Morgan fingerprint density at radius 1 is 1.57 bits per heavy atom. The van der Waals surface area contributed by atoms with Gasteiger partial charge in [-0.05, 0) is 18.2 Å². The van der Waals surface area contributed by atoms with Gasteiger partial charge in [0.1, 0.15) is 5.82 Å². The van der Waals surface area contributed by atoms with Gasteiger partial charge in [-0.15, -0.1) is 0 Å². The van der Waals surface area contributed by atoms with Crippen LogP contribution in [-0.2, 0) is 9.53 Å². The Balaban J connectivity index is 2.87. The maximum Gasteiger partial charge on any atom is 0.330 e. The SMILES string of the molecule is COC(=O)C=Cc1ccc(Cl)cc1F. The van der Waals surface area contributed by atoms with E-state index in [1.165, 1.54) is 25.3 Å². The van der Waals surface area contributed by atoms with E-state index in [4.69, 9.17) is 11.6 Å². The molecular weight excluding hydrogens is 207 g/mol. The highest BCUT2D eigenvalue weighted by molar-refractivity contribution is 6.30. The Morgan fingerprint density at radius 3 is 2.86 bits per heavy atom. The summed E-state index contributed by atoms with van der Waals surface area (Å²) in [5.41, 5.74) is 0.291. The summed E-state index contributed by atoms with van der Waals surface area (Å²) >= 11 is 5.55. The standard InChI is InChI=1S/C10H8ClFO2/c1-14-10(13)5-3-7-2-4-8(11)6-9(7)12/h2-6H,1H3. The molecule has 0 N–H and O–H groups in total. The first-order valence-corrected chi connectivity index (χ1v) is 4.22. The van der Waals surface area contributed by atoms with Crippen LogP contribution < -0.4 is 0 Å². The topological polar surface area (TPSA) is 26.3 Å². The highest BCUT2D eigenvalue weighted by atomic mass is 35.5. The first-order valence-electron chi connectivity index (χ1n) is 3.84. The van der Waals surface area contributed by atoms with E-state index in [0.29, 0.717) is 10.6 Å². The quantitative estimate of drug-likeness (QED) is 0.559. The molecule has 1 rings (SSSR count). The number of halogens is 2. The fraction of sp³-hybridized carbons (Fsp3) is 0.100. The van der Waals surface area contributed by atoms with E-state index >= 15 is 0 Å². The van der Waals surface area contributed by atoms with Crippen LogP contribution in [0.4, 0.5) is 4.39 Å². The van der Waals surface area contributed by atoms with Crippen molar-refractivity contribution in [1.82, 2.24) is 0 Å². The minimum atomic E-state index is -0.528. The van der Waals surface area contributed by atoms with Crippen LogP contribution in [-0.4, -0.2) is 13.1 Å². The average molecular weight is 215 g/mol. The summed E-state index contributed by atoms with van der Waals surface area (Å²) in [6, 6.07) is 4.21. The van der Waals surface area contributed by atoms with Crippen molar-refractivity contribution in [3.05, 3.63) is 40.7 Å². The van der Waals surface area contributed by atoms with Gasteiger partial charge in [0.05, 0.1) is 7.11 Å². The van der Waals surface area contributed by atoms with Crippen molar-refractivity contribution in [2.45, 2.75) is 0 Å². The molecule has 0 saturated heterocycles. The molecule has 0 aromatic heterocycles.